The number of ether oxygens (including phenoxy) is 1. The number of hydrogen-bond acceptors (Lipinski definition) is 4. The highest BCUT2D eigenvalue weighted by molar-refractivity contribution is 6.06. The van der Waals surface area contributed by atoms with Crippen molar-refractivity contribution in [2.75, 3.05) is 6.61 Å². The van der Waals surface area contributed by atoms with Crippen molar-refractivity contribution in [1.82, 2.24) is 9.55 Å². The molecule has 138 valence electrons. The van der Waals surface area contributed by atoms with Gasteiger partial charge < -0.3 is 9.30 Å². The highest BCUT2D eigenvalue weighted by Gasteiger charge is 2.24. The van der Waals surface area contributed by atoms with E-state index in [1.807, 2.05) is 25.1 Å². The SMILES string of the molecule is Cc1ccc2nc3c(c(C(=O)OCC(=O)c4cccn4C)c2c1)CCCC3. The van der Waals surface area contributed by atoms with Crippen LogP contribution in [0.4, 0.5) is 0 Å². The Morgan fingerprint density at radius 1 is 1.19 bits per heavy atom. The number of pyridine rings is 1. The Hall–Kier alpha value is -2.95. The van der Waals surface area contributed by atoms with Crippen LogP contribution in [-0.4, -0.2) is 27.9 Å². The molecule has 1 aromatic carbocycles. The van der Waals surface area contributed by atoms with Crippen molar-refractivity contribution in [3.8, 4) is 0 Å². The third-order valence-electron chi connectivity index (χ3n) is 5.19. The van der Waals surface area contributed by atoms with Gasteiger partial charge in [0.05, 0.1) is 16.8 Å². The van der Waals surface area contributed by atoms with Crippen molar-refractivity contribution in [3.63, 3.8) is 0 Å². The van der Waals surface area contributed by atoms with E-state index >= 15 is 0 Å². The predicted molar refractivity (Wildman–Crippen MR) is 103 cm³/mol. The summed E-state index contributed by atoms with van der Waals surface area (Å²) < 4.78 is 7.18. The standard InChI is InChI=1S/C22H22N2O3/c1-14-9-10-18-16(12-14)21(15-6-3-4-7-17(15)23-18)22(26)27-13-20(25)19-8-5-11-24(19)2/h5,8-12H,3-4,6-7,13H2,1-2H3. The summed E-state index contributed by atoms with van der Waals surface area (Å²) >= 11 is 0. The van der Waals surface area contributed by atoms with Gasteiger partial charge in [0.2, 0.25) is 5.78 Å². The first-order chi connectivity index (χ1) is 13.0. The average molecular weight is 362 g/mol. The molecule has 2 aromatic heterocycles. The van der Waals surface area contributed by atoms with E-state index in [9.17, 15) is 9.59 Å². The van der Waals surface area contributed by atoms with Crippen LogP contribution in [0.25, 0.3) is 10.9 Å². The van der Waals surface area contributed by atoms with E-state index in [2.05, 4.69) is 0 Å². The first-order valence-corrected chi connectivity index (χ1v) is 9.28. The maximum absolute atomic E-state index is 13.0. The lowest BCUT2D eigenvalue weighted by Gasteiger charge is -2.20. The van der Waals surface area contributed by atoms with Crippen molar-refractivity contribution in [1.29, 1.82) is 0 Å². The van der Waals surface area contributed by atoms with Crippen molar-refractivity contribution in [2.24, 2.45) is 7.05 Å². The van der Waals surface area contributed by atoms with Gasteiger partial charge in [-0.15, -0.1) is 0 Å². The van der Waals surface area contributed by atoms with Crippen LogP contribution >= 0.6 is 0 Å². The van der Waals surface area contributed by atoms with Gasteiger partial charge in [0, 0.05) is 24.3 Å². The van der Waals surface area contributed by atoms with Gasteiger partial charge in [-0.1, -0.05) is 11.6 Å². The Balaban J connectivity index is 1.69. The fourth-order valence-corrected chi connectivity index (χ4v) is 3.80. The molecule has 27 heavy (non-hydrogen) atoms. The molecule has 0 aliphatic heterocycles. The number of carbonyl (C=O) groups is 2. The normalized spacial score (nSPS) is 13.4. The zero-order chi connectivity index (χ0) is 19.0. The summed E-state index contributed by atoms with van der Waals surface area (Å²) in [5.41, 5.74) is 4.95. The van der Waals surface area contributed by atoms with E-state index in [4.69, 9.17) is 9.72 Å². The molecule has 0 N–H and O–H groups in total. The number of Topliss-reactive ketones (excluding diaryl/α,β-unsaturated/α-hetero) is 1. The summed E-state index contributed by atoms with van der Waals surface area (Å²) in [6.45, 7) is 1.73. The summed E-state index contributed by atoms with van der Waals surface area (Å²) in [5, 5.41) is 0.812. The maximum Gasteiger partial charge on any atom is 0.339 e. The van der Waals surface area contributed by atoms with Crippen LogP contribution in [0.15, 0.2) is 36.5 Å². The number of aryl methyl sites for hydroxylation is 3. The molecule has 0 spiro atoms. The Labute approximate surface area is 158 Å². The third-order valence-corrected chi connectivity index (χ3v) is 5.19. The van der Waals surface area contributed by atoms with Crippen molar-refractivity contribution in [2.45, 2.75) is 32.6 Å². The number of benzene rings is 1. The Morgan fingerprint density at radius 3 is 2.78 bits per heavy atom. The van der Waals surface area contributed by atoms with Crippen LogP contribution in [-0.2, 0) is 24.6 Å². The summed E-state index contributed by atoms with van der Waals surface area (Å²) in [7, 11) is 1.80. The van der Waals surface area contributed by atoms with E-state index < -0.39 is 5.97 Å². The second-order valence-electron chi connectivity index (χ2n) is 7.14. The molecule has 0 saturated carbocycles. The monoisotopic (exact) mass is 362 g/mol. The van der Waals surface area contributed by atoms with Gasteiger partial charge >= 0.3 is 5.97 Å². The van der Waals surface area contributed by atoms with Gasteiger partial charge in [-0.25, -0.2) is 4.79 Å². The maximum atomic E-state index is 13.0. The van der Waals surface area contributed by atoms with Crippen LogP contribution in [0.2, 0.25) is 0 Å². The van der Waals surface area contributed by atoms with E-state index in [0.717, 1.165) is 53.4 Å². The Kier molecular flexibility index (Phi) is 4.52. The summed E-state index contributed by atoms with van der Waals surface area (Å²) in [4.78, 5) is 30.1. The fraction of sp³-hybridized carbons (Fsp3) is 0.318. The molecule has 0 amide bonds. The largest absolute Gasteiger partial charge is 0.454 e. The number of rotatable bonds is 4. The quantitative estimate of drug-likeness (QED) is 0.523. The summed E-state index contributed by atoms with van der Waals surface area (Å²) in [6.07, 6.45) is 5.61. The summed E-state index contributed by atoms with van der Waals surface area (Å²) in [6, 6.07) is 9.45. The third kappa shape index (κ3) is 3.25. The van der Waals surface area contributed by atoms with Gasteiger partial charge in [-0.05, 0) is 62.4 Å². The first-order valence-electron chi connectivity index (χ1n) is 9.28. The second-order valence-corrected chi connectivity index (χ2v) is 7.14. The van der Waals surface area contributed by atoms with Crippen LogP contribution < -0.4 is 0 Å². The topological polar surface area (TPSA) is 61.2 Å². The molecular formula is C22H22N2O3. The molecule has 1 aliphatic carbocycles. The molecule has 5 heteroatoms. The van der Waals surface area contributed by atoms with E-state index in [1.54, 1.807) is 29.9 Å². The molecule has 0 radical (unpaired) electrons. The first kappa shape index (κ1) is 17.5. The number of nitrogens with zero attached hydrogens (tertiary/aromatic N) is 2. The van der Waals surface area contributed by atoms with Gasteiger partial charge in [-0.3, -0.25) is 9.78 Å². The Morgan fingerprint density at radius 2 is 2.00 bits per heavy atom. The van der Waals surface area contributed by atoms with Crippen molar-refractivity contribution >= 4 is 22.7 Å². The molecule has 0 bridgehead atoms. The van der Waals surface area contributed by atoms with Crippen LogP contribution in [0.3, 0.4) is 0 Å². The van der Waals surface area contributed by atoms with Crippen LogP contribution in [0, 0.1) is 6.92 Å². The summed E-state index contributed by atoms with van der Waals surface area (Å²) in [5.74, 6) is -0.645. The molecular weight excluding hydrogens is 340 g/mol. The minimum Gasteiger partial charge on any atom is -0.454 e. The number of fused-ring (bicyclic) bond motifs is 2. The molecule has 5 nitrogen and oxygen atoms in total. The molecule has 0 atom stereocenters. The van der Waals surface area contributed by atoms with Crippen LogP contribution in [0.5, 0.6) is 0 Å². The number of ketones is 1. The molecule has 3 aromatic rings. The van der Waals surface area contributed by atoms with E-state index in [1.165, 1.54) is 0 Å². The number of hydrogen-bond donors (Lipinski definition) is 0. The second kappa shape index (κ2) is 6.99. The predicted octanol–water partition coefficient (Wildman–Crippen LogP) is 3.80. The highest BCUT2D eigenvalue weighted by Crippen LogP contribution is 2.30. The highest BCUT2D eigenvalue weighted by atomic mass is 16.5. The Bertz CT molecular complexity index is 1050. The van der Waals surface area contributed by atoms with E-state index in [0.29, 0.717) is 11.3 Å². The lowest BCUT2D eigenvalue weighted by molar-refractivity contribution is 0.0473. The number of carbonyl (C=O) groups excluding carboxylic acids is 2. The zero-order valence-electron chi connectivity index (χ0n) is 15.6. The van der Waals surface area contributed by atoms with Gasteiger partial charge in [-0.2, -0.15) is 0 Å². The lowest BCUT2D eigenvalue weighted by atomic mass is 9.89. The molecule has 0 unspecified atom stereocenters. The van der Waals surface area contributed by atoms with Gasteiger partial charge in [0.15, 0.2) is 6.61 Å². The van der Waals surface area contributed by atoms with Crippen molar-refractivity contribution < 1.29 is 14.3 Å². The number of aromatic nitrogens is 2. The molecule has 0 fully saturated rings. The average Bonchev–Trinajstić information content (AvgIpc) is 3.10. The minimum absolute atomic E-state index is 0.209. The fourth-order valence-electron chi connectivity index (χ4n) is 3.80. The molecule has 4 rings (SSSR count). The zero-order valence-corrected chi connectivity index (χ0v) is 15.6. The van der Waals surface area contributed by atoms with Crippen molar-refractivity contribution in [3.05, 3.63) is 64.6 Å². The smallest absolute Gasteiger partial charge is 0.339 e. The minimum atomic E-state index is -0.436. The van der Waals surface area contributed by atoms with Crippen LogP contribution in [0.1, 0.15) is 50.5 Å². The number of esters is 1. The molecule has 1 aliphatic rings. The van der Waals surface area contributed by atoms with Gasteiger partial charge in [0.25, 0.3) is 0 Å². The van der Waals surface area contributed by atoms with E-state index in [-0.39, 0.29) is 12.4 Å². The van der Waals surface area contributed by atoms with Gasteiger partial charge in [0.1, 0.15) is 0 Å². The molecule has 0 saturated heterocycles. The molecule has 2 heterocycles. The lowest BCUT2D eigenvalue weighted by Crippen LogP contribution is -2.19.